The minimum absolute atomic E-state index is 0.00751. The Morgan fingerprint density at radius 1 is 1.26 bits per heavy atom. The molecule has 7 rings (SSSR count). The second-order valence-corrected chi connectivity index (χ2v) is 12.9. The van der Waals surface area contributed by atoms with Gasteiger partial charge in [-0.15, -0.1) is 6.42 Å². The highest BCUT2D eigenvalue weighted by atomic mass is 19.1. The third-order valence-corrected chi connectivity index (χ3v) is 10.2. The van der Waals surface area contributed by atoms with Gasteiger partial charge in [-0.05, 0) is 89.2 Å². The van der Waals surface area contributed by atoms with E-state index >= 15 is 0 Å². The molecule has 3 aliphatic rings. The number of phenols is 1. The summed E-state index contributed by atoms with van der Waals surface area (Å²) in [7, 11) is 3.55. The molecule has 1 aliphatic carbocycles. The van der Waals surface area contributed by atoms with Gasteiger partial charge in [-0.3, -0.25) is 9.80 Å². The third kappa shape index (κ3) is 6.01. The first kappa shape index (κ1) is 32.7. The lowest BCUT2D eigenvalue weighted by Crippen LogP contribution is -2.56. The zero-order valence-electron chi connectivity index (χ0n) is 27.3. The Kier molecular flexibility index (Phi) is 9.09. The third-order valence-electron chi connectivity index (χ3n) is 10.2. The number of aryl methyl sites for hydroxylation is 1. The van der Waals surface area contributed by atoms with Crippen LogP contribution in [0.1, 0.15) is 56.6 Å². The van der Waals surface area contributed by atoms with Crippen LogP contribution in [0.5, 0.6) is 11.8 Å². The van der Waals surface area contributed by atoms with Gasteiger partial charge in [-0.2, -0.15) is 9.97 Å². The Bertz CT molecular complexity index is 1910. The maximum absolute atomic E-state index is 14.7. The average Bonchev–Trinajstić information content (AvgIpc) is 3.62. The van der Waals surface area contributed by atoms with Gasteiger partial charge < -0.3 is 19.6 Å². The lowest BCUT2D eigenvalue weighted by Gasteiger charge is -2.48. The summed E-state index contributed by atoms with van der Waals surface area (Å²) in [5.74, 6) is 2.15. The van der Waals surface area contributed by atoms with Gasteiger partial charge in [0.1, 0.15) is 34.7 Å². The van der Waals surface area contributed by atoms with Gasteiger partial charge in [-0.25, -0.2) is 13.6 Å². The number of hydrogen-bond donors (Lipinski definition) is 2. The number of nitrogens with one attached hydrogen (secondary N) is 1. The average molecular weight is 646 g/mol. The van der Waals surface area contributed by atoms with Crippen LogP contribution in [0.25, 0.3) is 33.0 Å². The van der Waals surface area contributed by atoms with Crippen molar-refractivity contribution < 1.29 is 23.0 Å². The van der Waals surface area contributed by atoms with Crippen LogP contribution in [0.15, 0.2) is 33.5 Å². The fourth-order valence-electron chi connectivity index (χ4n) is 7.34. The standard InChI is InChI=1S/C29H29FN4O4.C7H12FN/c1-6-19-21(30)10-9-17-13-18(35)14-20(22(17)19)25-16(3)24-23(27(36)38-25)26(33-28(32-24)37-5)31-15-29(11-8-12-29)34(4)7-2;8-6-4-7-2-1-3-9(7)5-6/h1,9-10,13-14,35H,7-8,11-12,15H2,2-5H3,(H,31,32,33);6-7H,1-5H2. The highest BCUT2D eigenvalue weighted by Crippen LogP contribution is 2.40. The number of anilines is 1. The maximum atomic E-state index is 14.7. The second kappa shape index (κ2) is 13.1. The number of nitrogens with zero attached hydrogens (tertiary/aromatic N) is 4. The van der Waals surface area contributed by atoms with E-state index < -0.39 is 17.6 Å². The van der Waals surface area contributed by atoms with Crippen LogP contribution in [0.4, 0.5) is 14.6 Å². The van der Waals surface area contributed by atoms with Crippen LogP contribution in [0.2, 0.25) is 0 Å². The number of phenolic OH excluding ortho intramolecular Hbond substituents is 1. The first-order valence-corrected chi connectivity index (χ1v) is 16.2. The van der Waals surface area contributed by atoms with E-state index in [4.69, 9.17) is 15.6 Å². The molecule has 1 saturated carbocycles. The molecule has 2 atom stereocenters. The fourth-order valence-corrected chi connectivity index (χ4v) is 7.34. The number of aromatic hydroxyl groups is 1. The van der Waals surface area contributed by atoms with Crippen molar-refractivity contribution in [2.45, 2.75) is 70.1 Å². The van der Waals surface area contributed by atoms with Crippen molar-refractivity contribution >= 4 is 27.5 Å². The van der Waals surface area contributed by atoms with Crippen molar-refractivity contribution in [2.75, 3.05) is 45.7 Å². The molecule has 0 radical (unpaired) electrons. The van der Waals surface area contributed by atoms with Gasteiger partial charge >= 0.3 is 11.6 Å². The van der Waals surface area contributed by atoms with Gasteiger partial charge in [0.25, 0.3) is 0 Å². The van der Waals surface area contributed by atoms with Crippen molar-refractivity contribution in [3.63, 3.8) is 0 Å². The van der Waals surface area contributed by atoms with Gasteiger partial charge in [-0.1, -0.05) is 18.9 Å². The number of rotatable bonds is 7. The van der Waals surface area contributed by atoms with E-state index in [9.17, 15) is 18.7 Å². The normalized spacial score (nSPS) is 20.0. The van der Waals surface area contributed by atoms with Crippen molar-refractivity contribution in [3.05, 3.63) is 51.6 Å². The predicted molar refractivity (Wildman–Crippen MR) is 179 cm³/mol. The van der Waals surface area contributed by atoms with E-state index in [0.717, 1.165) is 38.8 Å². The van der Waals surface area contributed by atoms with Crippen LogP contribution < -0.4 is 15.7 Å². The number of hydrogen-bond acceptors (Lipinski definition) is 9. The fraction of sp³-hybridized carbons (Fsp3) is 0.472. The molecule has 2 aliphatic heterocycles. The van der Waals surface area contributed by atoms with E-state index in [2.05, 4.69) is 45.0 Å². The number of aromatic nitrogens is 2. The van der Waals surface area contributed by atoms with Gasteiger partial charge in [0.15, 0.2) is 0 Å². The summed E-state index contributed by atoms with van der Waals surface area (Å²) >= 11 is 0. The number of halogens is 2. The topological polar surface area (TPSA) is 104 Å². The molecule has 0 spiro atoms. The van der Waals surface area contributed by atoms with Gasteiger partial charge in [0.05, 0.1) is 18.2 Å². The molecule has 9 nitrogen and oxygen atoms in total. The summed E-state index contributed by atoms with van der Waals surface area (Å²) in [6, 6.07) is 6.33. The molecule has 2 aromatic carbocycles. The Morgan fingerprint density at radius 2 is 2.04 bits per heavy atom. The van der Waals surface area contributed by atoms with E-state index in [1.54, 1.807) is 6.92 Å². The molecular formula is C36H41F2N5O4. The predicted octanol–water partition coefficient (Wildman–Crippen LogP) is 6.03. The summed E-state index contributed by atoms with van der Waals surface area (Å²) in [4.78, 5) is 27.0. The molecule has 2 unspecified atom stereocenters. The van der Waals surface area contributed by atoms with E-state index in [1.807, 2.05) is 0 Å². The van der Waals surface area contributed by atoms with Crippen molar-refractivity contribution in [1.82, 2.24) is 19.8 Å². The van der Waals surface area contributed by atoms with Crippen molar-refractivity contribution in [2.24, 2.45) is 0 Å². The molecule has 3 fully saturated rings. The largest absolute Gasteiger partial charge is 0.508 e. The van der Waals surface area contributed by atoms with E-state index in [0.29, 0.717) is 46.8 Å². The minimum atomic E-state index is -0.674. The summed E-state index contributed by atoms with van der Waals surface area (Å²) in [6.07, 6.45) is 11.7. The van der Waals surface area contributed by atoms with Crippen LogP contribution in [-0.4, -0.2) is 83.0 Å². The Morgan fingerprint density at radius 3 is 2.70 bits per heavy atom. The van der Waals surface area contributed by atoms with Crippen LogP contribution >= 0.6 is 0 Å². The molecule has 2 N–H and O–H groups in total. The van der Waals surface area contributed by atoms with Crippen LogP contribution in [0.3, 0.4) is 0 Å². The Balaban J connectivity index is 0.000000366. The number of ether oxygens (including phenoxy) is 1. The Hall–Kier alpha value is -4.27. The molecule has 248 valence electrons. The summed E-state index contributed by atoms with van der Waals surface area (Å²) in [5.41, 5.74) is 0.415. The minimum Gasteiger partial charge on any atom is -0.508 e. The first-order valence-electron chi connectivity index (χ1n) is 16.2. The van der Waals surface area contributed by atoms with E-state index in [-0.39, 0.29) is 39.6 Å². The Labute approximate surface area is 272 Å². The number of fused-ring (bicyclic) bond motifs is 3. The number of terminal acetylenes is 1. The molecule has 47 heavy (non-hydrogen) atoms. The quantitative estimate of drug-likeness (QED) is 0.234. The molecule has 0 bridgehead atoms. The van der Waals surface area contributed by atoms with E-state index in [1.165, 1.54) is 44.2 Å². The lowest BCUT2D eigenvalue weighted by molar-refractivity contribution is 0.0550. The SMILES string of the molecule is C#Cc1c(F)ccc2cc(O)cc(-c3oc(=O)c4c(NCC5(N(C)CC)CCC5)nc(OC)nc4c3C)c12.FC1CC2CCCN2C1. The molecule has 0 amide bonds. The lowest BCUT2D eigenvalue weighted by atomic mass is 9.75. The maximum Gasteiger partial charge on any atom is 0.349 e. The highest BCUT2D eigenvalue weighted by Gasteiger charge is 2.40. The number of benzene rings is 2. The van der Waals surface area contributed by atoms with Crippen LogP contribution in [0, 0.1) is 25.1 Å². The monoisotopic (exact) mass is 645 g/mol. The van der Waals surface area contributed by atoms with Crippen molar-refractivity contribution in [3.8, 4) is 35.4 Å². The van der Waals surface area contributed by atoms with Gasteiger partial charge in [0.2, 0.25) is 0 Å². The molecule has 4 heterocycles. The number of alkyl halides is 1. The highest BCUT2D eigenvalue weighted by molar-refractivity contribution is 6.03. The second-order valence-electron chi connectivity index (χ2n) is 12.9. The van der Waals surface area contributed by atoms with Crippen LogP contribution in [-0.2, 0) is 0 Å². The summed E-state index contributed by atoms with van der Waals surface area (Å²) in [5, 5.41) is 14.8. The zero-order chi connectivity index (χ0) is 33.5. The molecule has 4 aromatic rings. The molecule has 11 heteroatoms. The molecule has 2 saturated heterocycles. The van der Waals surface area contributed by atoms with Crippen molar-refractivity contribution in [1.29, 1.82) is 0 Å². The summed E-state index contributed by atoms with van der Waals surface area (Å²) in [6.45, 7) is 7.20. The van der Waals surface area contributed by atoms with Gasteiger partial charge in [0, 0.05) is 41.2 Å². The first-order chi connectivity index (χ1) is 22.6. The summed E-state index contributed by atoms with van der Waals surface area (Å²) < 4.78 is 38.5. The molecule has 2 aromatic heterocycles. The number of likely N-dealkylation sites (N-methyl/N-ethyl adjacent to an activating group) is 1. The smallest absolute Gasteiger partial charge is 0.349 e. The number of methoxy groups -OCH3 is 1. The molecular weight excluding hydrogens is 604 g/mol. The zero-order valence-corrected chi connectivity index (χ0v) is 27.3.